The summed E-state index contributed by atoms with van der Waals surface area (Å²) in [5.41, 5.74) is 2.59. The van der Waals surface area contributed by atoms with Gasteiger partial charge in [-0.1, -0.05) is 45.0 Å². The molecule has 0 amide bonds. The second kappa shape index (κ2) is 6.77. The van der Waals surface area contributed by atoms with E-state index in [2.05, 4.69) is 48.2 Å². The van der Waals surface area contributed by atoms with Gasteiger partial charge in [-0.25, -0.2) is 14.8 Å². The normalized spacial score (nSPS) is 11.2. The summed E-state index contributed by atoms with van der Waals surface area (Å²) < 4.78 is 5.01. The first-order valence-electron chi connectivity index (χ1n) is 7.69. The van der Waals surface area contributed by atoms with Gasteiger partial charge in [-0.3, -0.25) is 0 Å². The highest BCUT2D eigenvalue weighted by Gasteiger charge is 2.17. The largest absolute Gasteiger partial charge is 0.462 e. The smallest absolute Gasteiger partial charge is 0.343 e. The van der Waals surface area contributed by atoms with Crippen molar-refractivity contribution < 1.29 is 9.53 Å². The van der Waals surface area contributed by atoms with Crippen LogP contribution in [0, 0.1) is 0 Å². The van der Waals surface area contributed by atoms with E-state index in [0.29, 0.717) is 23.8 Å². The highest BCUT2D eigenvalue weighted by Crippen LogP contribution is 2.25. The van der Waals surface area contributed by atoms with Gasteiger partial charge in [0.15, 0.2) is 5.82 Å². The second-order valence-electron chi connectivity index (χ2n) is 6.25. The summed E-state index contributed by atoms with van der Waals surface area (Å²) in [5, 5.41) is 2.93. The lowest BCUT2D eigenvalue weighted by molar-refractivity contribution is 0.0526. The van der Waals surface area contributed by atoms with Crippen LogP contribution in [0.5, 0.6) is 0 Å². The number of aromatic nitrogens is 2. The maximum atomic E-state index is 11.9. The topological polar surface area (TPSA) is 64.1 Å². The second-order valence-corrected chi connectivity index (χ2v) is 6.25. The summed E-state index contributed by atoms with van der Waals surface area (Å²) in [4.78, 5) is 20.6. The van der Waals surface area contributed by atoms with Crippen molar-refractivity contribution in [1.29, 1.82) is 0 Å². The highest BCUT2D eigenvalue weighted by atomic mass is 16.5. The van der Waals surface area contributed by atoms with Crippen molar-refractivity contribution >= 4 is 11.8 Å². The van der Waals surface area contributed by atoms with Crippen LogP contribution in [0.2, 0.25) is 0 Å². The Hall–Kier alpha value is -2.43. The Balaban J connectivity index is 2.35. The summed E-state index contributed by atoms with van der Waals surface area (Å²) >= 11 is 0. The van der Waals surface area contributed by atoms with Crippen LogP contribution in [-0.2, 0) is 10.2 Å². The van der Waals surface area contributed by atoms with Crippen LogP contribution in [0.1, 0.15) is 43.6 Å². The molecular weight excluding hydrogens is 290 g/mol. The van der Waals surface area contributed by atoms with E-state index in [1.165, 1.54) is 11.8 Å². The number of ether oxygens (including phenoxy) is 1. The predicted octanol–water partition coefficient (Wildman–Crippen LogP) is 3.66. The number of hydrogen-bond donors (Lipinski definition) is 1. The first kappa shape index (κ1) is 16.9. The summed E-state index contributed by atoms with van der Waals surface area (Å²) in [6.07, 6.45) is 1.50. The van der Waals surface area contributed by atoms with Gasteiger partial charge in [-0.15, -0.1) is 0 Å². The molecule has 0 saturated carbocycles. The van der Waals surface area contributed by atoms with E-state index in [0.717, 1.165) is 5.56 Å². The molecule has 23 heavy (non-hydrogen) atoms. The number of benzene rings is 1. The maximum Gasteiger partial charge on any atom is 0.343 e. The van der Waals surface area contributed by atoms with Crippen LogP contribution in [0.25, 0.3) is 11.4 Å². The van der Waals surface area contributed by atoms with Crippen LogP contribution < -0.4 is 5.32 Å². The van der Waals surface area contributed by atoms with E-state index >= 15 is 0 Å². The number of hydrogen-bond acceptors (Lipinski definition) is 5. The Kier molecular flexibility index (Phi) is 4.98. The Bertz CT molecular complexity index is 688. The summed E-state index contributed by atoms with van der Waals surface area (Å²) in [6.45, 7) is 8.60. The van der Waals surface area contributed by atoms with Crippen molar-refractivity contribution in [3.05, 3.63) is 41.6 Å². The number of rotatable bonds is 4. The average molecular weight is 313 g/mol. The third-order valence-electron chi connectivity index (χ3n) is 3.53. The van der Waals surface area contributed by atoms with Crippen molar-refractivity contribution in [3.8, 4) is 11.4 Å². The molecule has 1 N–H and O–H groups in total. The number of carbonyl (C=O) groups is 1. The highest BCUT2D eigenvalue weighted by molar-refractivity contribution is 5.94. The molecule has 0 atom stereocenters. The molecule has 0 radical (unpaired) electrons. The minimum atomic E-state index is -0.425. The number of esters is 1. The zero-order valence-electron chi connectivity index (χ0n) is 14.3. The van der Waals surface area contributed by atoms with Crippen LogP contribution in [0.3, 0.4) is 0 Å². The quantitative estimate of drug-likeness (QED) is 0.873. The van der Waals surface area contributed by atoms with E-state index < -0.39 is 5.97 Å². The molecule has 0 fully saturated rings. The van der Waals surface area contributed by atoms with Gasteiger partial charge in [0.2, 0.25) is 0 Å². The fraction of sp³-hybridized carbons (Fsp3) is 0.389. The molecular formula is C18H23N3O2. The standard InChI is InChI=1S/C18H23N3O2/c1-6-23-17(22)14-11-20-15(21-16(14)19-5)12-7-9-13(10-8-12)18(2,3)4/h7-11H,6H2,1-5H3,(H,19,20,21). The third-order valence-corrected chi connectivity index (χ3v) is 3.53. The Morgan fingerprint density at radius 1 is 1.22 bits per heavy atom. The van der Waals surface area contributed by atoms with E-state index in [9.17, 15) is 4.79 Å². The van der Waals surface area contributed by atoms with Crippen molar-refractivity contribution in [1.82, 2.24) is 9.97 Å². The third kappa shape index (κ3) is 3.86. The Morgan fingerprint density at radius 2 is 1.87 bits per heavy atom. The zero-order valence-corrected chi connectivity index (χ0v) is 14.3. The summed E-state index contributed by atoms with van der Waals surface area (Å²) in [7, 11) is 1.72. The average Bonchev–Trinajstić information content (AvgIpc) is 2.53. The van der Waals surface area contributed by atoms with Gasteiger partial charge < -0.3 is 10.1 Å². The fourth-order valence-electron chi connectivity index (χ4n) is 2.19. The van der Waals surface area contributed by atoms with Crippen LogP contribution in [0.15, 0.2) is 30.5 Å². The molecule has 0 aliphatic rings. The molecule has 122 valence electrons. The summed E-state index contributed by atoms with van der Waals surface area (Å²) in [6, 6.07) is 8.16. The SMILES string of the molecule is CCOC(=O)c1cnc(-c2ccc(C(C)(C)C)cc2)nc1NC. The maximum absolute atomic E-state index is 11.9. The lowest BCUT2D eigenvalue weighted by Crippen LogP contribution is -2.11. The first-order chi connectivity index (χ1) is 10.9. The molecule has 1 aromatic carbocycles. The Morgan fingerprint density at radius 3 is 2.39 bits per heavy atom. The predicted molar refractivity (Wildman–Crippen MR) is 91.7 cm³/mol. The molecule has 0 spiro atoms. The lowest BCUT2D eigenvalue weighted by atomic mass is 9.87. The lowest BCUT2D eigenvalue weighted by Gasteiger charge is -2.19. The number of anilines is 1. The van der Waals surface area contributed by atoms with Crippen LogP contribution in [-0.4, -0.2) is 29.6 Å². The van der Waals surface area contributed by atoms with Crippen molar-refractivity contribution in [2.45, 2.75) is 33.1 Å². The van der Waals surface area contributed by atoms with Gasteiger partial charge in [0, 0.05) is 18.8 Å². The van der Waals surface area contributed by atoms with Gasteiger partial charge in [-0.2, -0.15) is 0 Å². The monoisotopic (exact) mass is 313 g/mol. The molecule has 1 heterocycles. The van der Waals surface area contributed by atoms with Crippen molar-refractivity contribution in [2.24, 2.45) is 0 Å². The van der Waals surface area contributed by atoms with Crippen molar-refractivity contribution in [2.75, 3.05) is 19.0 Å². The van der Waals surface area contributed by atoms with Crippen LogP contribution in [0.4, 0.5) is 5.82 Å². The molecule has 5 nitrogen and oxygen atoms in total. The molecule has 0 saturated heterocycles. The first-order valence-corrected chi connectivity index (χ1v) is 7.69. The number of nitrogens with one attached hydrogen (secondary N) is 1. The Labute approximate surface area is 137 Å². The number of carbonyl (C=O) groups excluding carboxylic acids is 1. The fourth-order valence-corrected chi connectivity index (χ4v) is 2.19. The van der Waals surface area contributed by atoms with Gasteiger partial charge in [0.25, 0.3) is 0 Å². The van der Waals surface area contributed by atoms with Gasteiger partial charge in [0.1, 0.15) is 11.4 Å². The minimum absolute atomic E-state index is 0.100. The van der Waals surface area contributed by atoms with Gasteiger partial charge in [0.05, 0.1) is 6.61 Å². The van der Waals surface area contributed by atoms with E-state index in [1.54, 1.807) is 14.0 Å². The summed E-state index contributed by atoms with van der Waals surface area (Å²) in [5.74, 6) is 0.614. The van der Waals surface area contributed by atoms with Gasteiger partial charge in [-0.05, 0) is 17.9 Å². The number of nitrogens with zero attached hydrogens (tertiary/aromatic N) is 2. The van der Waals surface area contributed by atoms with E-state index in [-0.39, 0.29) is 5.41 Å². The molecule has 0 unspecified atom stereocenters. The van der Waals surface area contributed by atoms with E-state index in [4.69, 9.17) is 4.74 Å². The van der Waals surface area contributed by atoms with Gasteiger partial charge >= 0.3 is 5.97 Å². The molecule has 0 aliphatic carbocycles. The molecule has 1 aromatic heterocycles. The van der Waals surface area contributed by atoms with Crippen LogP contribution >= 0.6 is 0 Å². The molecule has 0 bridgehead atoms. The molecule has 2 rings (SSSR count). The van der Waals surface area contributed by atoms with Crippen molar-refractivity contribution in [3.63, 3.8) is 0 Å². The van der Waals surface area contributed by atoms with E-state index in [1.807, 2.05) is 12.1 Å². The molecule has 2 aromatic rings. The zero-order chi connectivity index (χ0) is 17.0. The minimum Gasteiger partial charge on any atom is -0.462 e. The molecule has 0 aliphatic heterocycles. The molecule has 5 heteroatoms.